The summed E-state index contributed by atoms with van der Waals surface area (Å²) >= 11 is 4.07. The highest BCUT2D eigenvalue weighted by molar-refractivity contribution is 14.1. The average molecular weight is 413 g/mol. The molecule has 0 radical (unpaired) electrons. The highest BCUT2D eigenvalue weighted by atomic mass is 127. The van der Waals surface area contributed by atoms with Crippen molar-refractivity contribution in [3.63, 3.8) is 0 Å². The van der Waals surface area contributed by atoms with Gasteiger partial charge in [0.1, 0.15) is 13.2 Å². The maximum absolute atomic E-state index is 5.68. The van der Waals surface area contributed by atoms with E-state index < -0.39 is 0 Å². The summed E-state index contributed by atoms with van der Waals surface area (Å²) in [5, 5.41) is 3.49. The molecule has 0 fully saturated rings. The zero-order chi connectivity index (χ0) is 14.7. The number of thioether (sulfide) groups is 1. The van der Waals surface area contributed by atoms with Crippen LogP contribution in [0.5, 0.6) is 11.5 Å². The molecule has 2 aromatic rings. The number of halogens is 1. The van der Waals surface area contributed by atoms with Crippen LogP contribution in [0.15, 0.2) is 41.3 Å². The van der Waals surface area contributed by atoms with Gasteiger partial charge in [0, 0.05) is 20.7 Å². The molecule has 110 valence electrons. The predicted octanol–water partition coefficient (Wildman–Crippen LogP) is 4.40. The summed E-state index contributed by atoms with van der Waals surface area (Å²) in [5.41, 5.74) is 2.38. The van der Waals surface area contributed by atoms with E-state index in [1.165, 1.54) is 14.0 Å². The summed E-state index contributed by atoms with van der Waals surface area (Å²) in [6, 6.07) is 12.4. The molecular weight excluding hydrogens is 397 g/mol. The van der Waals surface area contributed by atoms with Gasteiger partial charge in [0.05, 0.1) is 0 Å². The van der Waals surface area contributed by atoms with Crippen LogP contribution in [0.25, 0.3) is 0 Å². The number of fused-ring (bicyclic) bond motifs is 1. The third-order valence-electron chi connectivity index (χ3n) is 3.29. The lowest BCUT2D eigenvalue weighted by Gasteiger charge is -2.21. The minimum Gasteiger partial charge on any atom is -0.486 e. The standard InChI is InChI=1S/C16H16INO2S/c1-21-16-9-15-14(19-6-7-20-15)8-11(16)10-18-13-5-3-2-4-12(13)17/h2-5,8-9,18H,6-7,10H2,1H3. The van der Waals surface area contributed by atoms with E-state index in [9.17, 15) is 0 Å². The van der Waals surface area contributed by atoms with Crippen LogP contribution in [0.1, 0.15) is 5.56 Å². The number of rotatable bonds is 4. The van der Waals surface area contributed by atoms with Crippen molar-refractivity contribution in [1.29, 1.82) is 0 Å². The number of benzene rings is 2. The third-order valence-corrected chi connectivity index (χ3v) is 5.05. The molecule has 0 spiro atoms. The number of ether oxygens (including phenoxy) is 2. The van der Waals surface area contributed by atoms with Crippen molar-refractivity contribution in [2.24, 2.45) is 0 Å². The zero-order valence-electron chi connectivity index (χ0n) is 11.7. The topological polar surface area (TPSA) is 30.5 Å². The van der Waals surface area contributed by atoms with E-state index in [0.29, 0.717) is 13.2 Å². The van der Waals surface area contributed by atoms with E-state index >= 15 is 0 Å². The van der Waals surface area contributed by atoms with Crippen LogP contribution in [0.3, 0.4) is 0 Å². The van der Waals surface area contributed by atoms with Crippen molar-refractivity contribution in [2.45, 2.75) is 11.4 Å². The lowest BCUT2D eigenvalue weighted by molar-refractivity contribution is 0.171. The van der Waals surface area contributed by atoms with Crippen LogP contribution in [-0.2, 0) is 6.54 Å². The van der Waals surface area contributed by atoms with Gasteiger partial charge in [0.25, 0.3) is 0 Å². The molecule has 0 unspecified atom stereocenters. The highest BCUT2D eigenvalue weighted by Crippen LogP contribution is 2.37. The number of para-hydroxylation sites is 1. The molecule has 0 atom stereocenters. The Labute approximate surface area is 142 Å². The Kier molecular flexibility index (Phi) is 4.80. The van der Waals surface area contributed by atoms with Gasteiger partial charge in [-0.15, -0.1) is 11.8 Å². The van der Waals surface area contributed by atoms with Gasteiger partial charge < -0.3 is 14.8 Å². The molecule has 3 nitrogen and oxygen atoms in total. The molecule has 0 amide bonds. The van der Waals surface area contributed by atoms with Gasteiger partial charge in [-0.2, -0.15) is 0 Å². The summed E-state index contributed by atoms with van der Waals surface area (Å²) in [6.45, 7) is 2.02. The molecule has 3 rings (SSSR count). The fourth-order valence-electron chi connectivity index (χ4n) is 2.24. The van der Waals surface area contributed by atoms with Crippen LogP contribution in [0.2, 0.25) is 0 Å². The van der Waals surface area contributed by atoms with Crippen molar-refractivity contribution in [1.82, 2.24) is 0 Å². The molecule has 2 aromatic carbocycles. The maximum atomic E-state index is 5.68. The predicted molar refractivity (Wildman–Crippen MR) is 95.7 cm³/mol. The third kappa shape index (κ3) is 3.40. The van der Waals surface area contributed by atoms with Crippen molar-refractivity contribution in [3.8, 4) is 11.5 Å². The minimum absolute atomic E-state index is 0.620. The van der Waals surface area contributed by atoms with Crippen LogP contribution in [0.4, 0.5) is 5.69 Å². The molecule has 1 aliphatic heterocycles. The fourth-order valence-corrected chi connectivity index (χ4v) is 3.43. The number of nitrogens with one attached hydrogen (secondary N) is 1. The lowest BCUT2D eigenvalue weighted by Crippen LogP contribution is -2.16. The van der Waals surface area contributed by atoms with Gasteiger partial charge in [-0.05, 0) is 58.7 Å². The molecule has 0 saturated carbocycles. The van der Waals surface area contributed by atoms with Crippen molar-refractivity contribution >= 4 is 40.0 Å². The van der Waals surface area contributed by atoms with Crippen LogP contribution >= 0.6 is 34.4 Å². The zero-order valence-corrected chi connectivity index (χ0v) is 14.7. The average Bonchev–Trinajstić information content (AvgIpc) is 2.53. The Bertz CT molecular complexity index is 648. The van der Waals surface area contributed by atoms with E-state index in [0.717, 1.165) is 23.7 Å². The van der Waals surface area contributed by atoms with Crippen molar-refractivity contribution in [3.05, 3.63) is 45.5 Å². The second-order valence-electron chi connectivity index (χ2n) is 4.64. The smallest absolute Gasteiger partial charge is 0.162 e. The molecule has 21 heavy (non-hydrogen) atoms. The highest BCUT2D eigenvalue weighted by Gasteiger charge is 2.15. The first-order valence-corrected chi connectivity index (χ1v) is 9.03. The Hall–Kier alpha value is -1.08. The van der Waals surface area contributed by atoms with Gasteiger partial charge in [0.2, 0.25) is 0 Å². The quantitative estimate of drug-likeness (QED) is 0.595. The van der Waals surface area contributed by atoms with Crippen LogP contribution < -0.4 is 14.8 Å². The largest absolute Gasteiger partial charge is 0.486 e. The molecule has 0 saturated heterocycles. The SMILES string of the molecule is CSc1cc2c(cc1CNc1ccccc1I)OCCO2. The Morgan fingerprint density at radius 1 is 1.14 bits per heavy atom. The summed E-state index contributed by atoms with van der Waals surface area (Å²) in [6.07, 6.45) is 2.08. The van der Waals surface area contributed by atoms with Crippen LogP contribution in [0, 0.1) is 3.57 Å². The normalized spacial score (nSPS) is 13.0. The second-order valence-corrected chi connectivity index (χ2v) is 6.65. The number of hydrogen-bond donors (Lipinski definition) is 1. The first-order valence-electron chi connectivity index (χ1n) is 6.73. The molecule has 1 N–H and O–H groups in total. The first kappa shape index (κ1) is 14.8. The van der Waals surface area contributed by atoms with E-state index in [1.807, 2.05) is 12.1 Å². The number of anilines is 1. The van der Waals surface area contributed by atoms with E-state index in [-0.39, 0.29) is 0 Å². The maximum Gasteiger partial charge on any atom is 0.162 e. The van der Waals surface area contributed by atoms with Gasteiger partial charge in [-0.3, -0.25) is 0 Å². The fraction of sp³-hybridized carbons (Fsp3) is 0.250. The Morgan fingerprint density at radius 3 is 2.57 bits per heavy atom. The lowest BCUT2D eigenvalue weighted by atomic mass is 10.2. The van der Waals surface area contributed by atoms with Gasteiger partial charge in [-0.25, -0.2) is 0 Å². The summed E-state index contributed by atoms with van der Waals surface area (Å²) in [4.78, 5) is 1.22. The molecule has 0 aromatic heterocycles. The summed E-state index contributed by atoms with van der Waals surface area (Å²) < 4.78 is 12.5. The molecular formula is C16H16INO2S. The first-order chi connectivity index (χ1) is 10.3. The minimum atomic E-state index is 0.620. The van der Waals surface area contributed by atoms with E-state index in [1.54, 1.807) is 11.8 Å². The van der Waals surface area contributed by atoms with Crippen LogP contribution in [-0.4, -0.2) is 19.5 Å². The molecule has 1 heterocycles. The van der Waals surface area contributed by atoms with Gasteiger partial charge >= 0.3 is 0 Å². The van der Waals surface area contributed by atoms with Gasteiger partial charge in [-0.1, -0.05) is 12.1 Å². The van der Waals surface area contributed by atoms with E-state index in [2.05, 4.69) is 58.4 Å². The number of hydrogen-bond acceptors (Lipinski definition) is 4. The summed E-state index contributed by atoms with van der Waals surface area (Å²) in [5.74, 6) is 1.70. The Balaban J connectivity index is 1.83. The molecule has 0 aliphatic carbocycles. The van der Waals surface area contributed by atoms with E-state index in [4.69, 9.17) is 9.47 Å². The molecule has 1 aliphatic rings. The Morgan fingerprint density at radius 2 is 1.86 bits per heavy atom. The summed E-state index contributed by atoms with van der Waals surface area (Å²) in [7, 11) is 0. The molecule has 5 heteroatoms. The van der Waals surface area contributed by atoms with Crippen molar-refractivity contribution in [2.75, 3.05) is 24.8 Å². The molecule has 0 bridgehead atoms. The van der Waals surface area contributed by atoms with Gasteiger partial charge in [0.15, 0.2) is 11.5 Å². The second kappa shape index (κ2) is 6.79. The monoisotopic (exact) mass is 413 g/mol. The van der Waals surface area contributed by atoms with Crippen molar-refractivity contribution < 1.29 is 9.47 Å².